The Morgan fingerprint density at radius 2 is 2.10 bits per heavy atom. The summed E-state index contributed by atoms with van der Waals surface area (Å²) in [6, 6.07) is 0. The third-order valence-electron chi connectivity index (χ3n) is 1.36. The van der Waals surface area contributed by atoms with E-state index in [0.29, 0.717) is 6.42 Å². The topological polar surface area (TPSA) is 40.5 Å². The van der Waals surface area contributed by atoms with Crippen LogP contribution in [0.2, 0.25) is 0 Å². The molecule has 0 saturated carbocycles. The van der Waals surface area contributed by atoms with Crippen LogP contribution < -0.4 is 0 Å². The van der Waals surface area contributed by atoms with Gasteiger partial charge in [-0.3, -0.25) is 0 Å². The smallest absolute Gasteiger partial charge is 0.0565 e. The Balaban J connectivity index is 3.12. The molecule has 2 heteroatoms. The summed E-state index contributed by atoms with van der Waals surface area (Å²) in [5.74, 6) is 0. The highest BCUT2D eigenvalue weighted by Crippen LogP contribution is 2.01. The summed E-state index contributed by atoms with van der Waals surface area (Å²) in [5, 5.41) is 17.5. The summed E-state index contributed by atoms with van der Waals surface area (Å²) in [6.45, 7) is 2.04. The van der Waals surface area contributed by atoms with Crippen molar-refractivity contribution in [1.82, 2.24) is 0 Å². The van der Waals surface area contributed by atoms with E-state index in [1.54, 1.807) is 0 Å². The molecule has 0 bridgehead atoms. The van der Waals surface area contributed by atoms with Crippen LogP contribution in [0.3, 0.4) is 0 Å². The number of allylic oxidation sites excluding steroid dienone is 2. The maximum Gasteiger partial charge on any atom is 0.0565 e. The summed E-state index contributed by atoms with van der Waals surface area (Å²) >= 11 is 0. The summed E-state index contributed by atoms with van der Waals surface area (Å²) in [6.07, 6.45) is 5.80. The van der Waals surface area contributed by atoms with Crippen molar-refractivity contribution in [3.63, 3.8) is 0 Å². The van der Waals surface area contributed by atoms with Gasteiger partial charge >= 0.3 is 0 Å². The highest BCUT2D eigenvalue weighted by atomic mass is 16.3. The predicted octanol–water partition coefficient (Wildman–Crippen LogP) is 1.09. The lowest BCUT2D eigenvalue weighted by Gasteiger charge is -2.04. The van der Waals surface area contributed by atoms with Crippen molar-refractivity contribution >= 4 is 0 Å². The first-order valence-corrected chi connectivity index (χ1v) is 3.71. The van der Waals surface area contributed by atoms with E-state index in [1.807, 2.05) is 19.1 Å². The number of aliphatic hydroxyl groups is 2. The van der Waals surface area contributed by atoms with Gasteiger partial charge in [-0.15, -0.1) is 0 Å². The van der Waals surface area contributed by atoms with Crippen LogP contribution in [0.15, 0.2) is 12.2 Å². The summed E-state index contributed by atoms with van der Waals surface area (Å²) in [7, 11) is 0. The van der Waals surface area contributed by atoms with Gasteiger partial charge in [0.1, 0.15) is 0 Å². The fourth-order valence-corrected chi connectivity index (χ4v) is 0.749. The Kier molecular flexibility index (Phi) is 6.55. The van der Waals surface area contributed by atoms with E-state index in [9.17, 15) is 0 Å². The molecule has 0 saturated heterocycles. The summed E-state index contributed by atoms with van der Waals surface area (Å²) in [5.41, 5.74) is 0. The van der Waals surface area contributed by atoms with E-state index in [4.69, 9.17) is 10.2 Å². The summed E-state index contributed by atoms with van der Waals surface area (Å²) in [4.78, 5) is 0. The van der Waals surface area contributed by atoms with Crippen LogP contribution in [0, 0.1) is 0 Å². The molecule has 2 nitrogen and oxygen atoms in total. The number of hydrogen-bond acceptors (Lipinski definition) is 2. The zero-order chi connectivity index (χ0) is 7.82. The lowest BCUT2D eigenvalue weighted by molar-refractivity contribution is 0.126. The Bertz CT molecular complexity index is 89.3. The van der Waals surface area contributed by atoms with Crippen LogP contribution in [-0.2, 0) is 0 Å². The largest absolute Gasteiger partial charge is 0.396 e. The van der Waals surface area contributed by atoms with E-state index >= 15 is 0 Å². The lowest BCUT2D eigenvalue weighted by Crippen LogP contribution is -2.07. The van der Waals surface area contributed by atoms with Gasteiger partial charge in [0.15, 0.2) is 0 Å². The molecule has 0 aromatic carbocycles. The first kappa shape index (κ1) is 9.66. The molecule has 10 heavy (non-hydrogen) atoms. The van der Waals surface area contributed by atoms with Crippen LogP contribution in [0.1, 0.15) is 26.2 Å². The first-order valence-electron chi connectivity index (χ1n) is 3.71. The van der Waals surface area contributed by atoms with Crippen LogP contribution in [0.25, 0.3) is 0 Å². The molecule has 0 amide bonds. The molecule has 1 atom stereocenters. The van der Waals surface area contributed by atoms with Crippen LogP contribution in [-0.4, -0.2) is 22.9 Å². The molecule has 0 aliphatic carbocycles. The molecule has 0 rings (SSSR count). The van der Waals surface area contributed by atoms with Gasteiger partial charge in [-0.2, -0.15) is 0 Å². The van der Waals surface area contributed by atoms with E-state index < -0.39 is 0 Å². The molecule has 0 aliphatic heterocycles. The Morgan fingerprint density at radius 3 is 2.60 bits per heavy atom. The Labute approximate surface area is 62.2 Å². The minimum Gasteiger partial charge on any atom is -0.396 e. The molecule has 0 radical (unpaired) electrons. The number of rotatable bonds is 5. The second kappa shape index (κ2) is 6.78. The van der Waals surface area contributed by atoms with Gasteiger partial charge in [0.25, 0.3) is 0 Å². The average Bonchev–Trinajstić information content (AvgIpc) is 1.89. The molecule has 0 aromatic rings. The normalized spacial score (nSPS) is 14.3. The van der Waals surface area contributed by atoms with Crippen molar-refractivity contribution in [2.24, 2.45) is 0 Å². The maximum atomic E-state index is 9.08. The molecule has 0 fully saturated rings. The first-order chi connectivity index (χ1) is 4.81. The standard InChI is InChI=1S/C8H16O2/c1-2-3-4-5-8(10)6-7-9/h2-3,8-10H,4-7H2,1H3/b3-2+. The van der Waals surface area contributed by atoms with Crippen molar-refractivity contribution in [3.05, 3.63) is 12.2 Å². The lowest BCUT2D eigenvalue weighted by atomic mass is 10.1. The zero-order valence-electron chi connectivity index (χ0n) is 6.45. The van der Waals surface area contributed by atoms with Gasteiger partial charge in [-0.1, -0.05) is 12.2 Å². The quantitative estimate of drug-likeness (QED) is 0.567. The summed E-state index contributed by atoms with van der Waals surface area (Å²) < 4.78 is 0. The molecular formula is C8H16O2. The molecule has 60 valence electrons. The van der Waals surface area contributed by atoms with E-state index in [1.165, 1.54) is 0 Å². The van der Waals surface area contributed by atoms with Crippen molar-refractivity contribution in [2.75, 3.05) is 6.61 Å². The van der Waals surface area contributed by atoms with Gasteiger partial charge in [-0.05, 0) is 26.2 Å². The molecule has 0 heterocycles. The van der Waals surface area contributed by atoms with Gasteiger partial charge < -0.3 is 10.2 Å². The van der Waals surface area contributed by atoms with Crippen LogP contribution in [0.4, 0.5) is 0 Å². The van der Waals surface area contributed by atoms with Crippen LogP contribution >= 0.6 is 0 Å². The molecule has 2 N–H and O–H groups in total. The molecule has 0 aromatic heterocycles. The van der Waals surface area contributed by atoms with Crippen molar-refractivity contribution < 1.29 is 10.2 Å². The van der Waals surface area contributed by atoms with E-state index in [2.05, 4.69) is 0 Å². The Hall–Kier alpha value is -0.340. The predicted molar refractivity (Wildman–Crippen MR) is 41.8 cm³/mol. The SMILES string of the molecule is C/C=C/CCC(O)CCO. The second-order valence-electron chi connectivity index (χ2n) is 2.31. The minimum absolute atomic E-state index is 0.0804. The number of hydrogen-bond donors (Lipinski definition) is 2. The highest BCUT2D eigenvalue weighted by molar-refractivity contribution is 4.77. The van der Waals surface area contributed by atoms with Crippen molar-refractivity contribution in [3.8, 4) is 0 Å². The second-order valence-corrected chi connectivity index (χ2v) is 2.31. The molecule has 0 aliphatic rings. The molecular weight excluding hydrogens is 128 g/mol. The van der Waals surface area contributed by atoms with Gasteiger partial charge in [0, 0.05) is 6.61 Å². The fraction of sp³-hybridized carbons (Fsp3) is 0.750. The van der Waals surface area contributed by atoms with Gasteiger partial charge in [0.05, 0.1) is 6.10 Å². The highest BCUT2D eigenvalue weighted by Gasteiger charge is 1.99. The monoisotopic (exact) mass is 144 g/mol. The minimum atomic E-state index is -0.332. The van der Waals surface area contributed by atoms with Crippen LogP contribution in [0.5, 0.6) is 0 Å². The molecule has 1 unspecified atom stereocenters. The average molecular weight is 144 g/mol. The van der Waals surface area contributed by atoms with E-state index in [-0.39, 0.29) is 12.7 Å². The number of aliphatic hydroxyl groups excluding tert-OH is 2. The maximum absolute atomic E-state index is 9.08. The third kappa shape index (κ3) is 5.79. The van der Waals surface area contributed by atoms with Crippen molar-refractivity contribution in [2.45, 2.75) is 32.3 Å². The Morgan fingerprint density at radius 1 is 1.40 bits per heavy atom. The third-order valence-corrected chi connectivity index (χ3v) is 1.36. The zero-order valence-corrected chi connectivity index (χ0v) is 6.45. The van der Waals surface area contributed by atoms with Crippen molar-refractivity contribution in [1.29, 1.82) is 0 Å². The fourth-order valence-electron chi connectivity index (χ4n) is 0.749. The van der Waals surface area contributed by atoms with Gasteiger partial charge in [0.2, 0.25) is 0 Å². The van der Waals surface area contributed by atoms with Gasteiger partial charge in [-0.25, -0.2) is 0 Å². The van der Waals surface area contributed by atoms with E-state index in [0.717, 1.165) is 12.8 Å². The molecule has 0 spiro atoms.